The molecule has 0 aliphatic carbocycles. The maximum Gasteiger partial charge on any atom is 0.124 e. The number of ether oxygens (including phenoxy) is 1. The van der Waals surface area contributed by atoms with Gasteiger partial charge in [0.1, 0.15) is 5.75 Å². The second kappa shape index (κ2) is 7.27. The van der Waals surface area contributed by atoms with Gasteiger partial charge in [-0.25, -0.2) is 5.43 Å². The van der Waals surface area contributed by atoms with Gasteiger partial charge in [-0.2, -0.15) is 0 Å². The van der Waals surface area contributed by atoms with Crippen LogP contribution in [0.2, 0.25) is 5.02 Å². The van der Waals surface area contributed by atoms with Crippen molar-refractivity contribution >= 4 is 27.5 Å². The maximum atomic E-state index is 6.00. The smallest absolute Gasteiger partial charge is 0.124 e. The first kappa shape index (κ1) is 16.3. The number of hydrazine groups is 1. The van der Waals surface area contributed by atoms with Gasteiger partial charge in [-0.05, 0) is 37.6 Å². The van der Waals surface area contributed by atoms with Crippen molar-refractivity contribution < 1.29 is 4.74 Å². The van der Waals surface area contributed by atoms with E-state index in [2.05, 4.69) is 21.4 Å². The van der Waals surface area contributed by atoms with Gasteiger partial charge in [-0.1, -0.05) is 51.8 Å². The summed E-state index contributed by atoms with van der Waals surface area (Å²) >= 11 is 9.55. The molecule has 0 aliphatic rings. The van der Waals surface area contributed by atoms with Crippen molar-refractivity contribution in [2.75, 3.05) is 0 Å². The van der Waals surface area contributed by atoms with E-state index in [1.54, 1.807) is 0 Å². The number of halogens is 2. The van der Waals surface area contributed by atoms with Crippen molar-refractivity contribution in [3.63, 3.8) is 0 Å². The SMILES string of the molecule is CC(C)Oc1ccccc1C(NN)c1ccc(Cl)cc1Br. The lowest BCUT2D eigenvalue weighted by atomic mass is 9.98. The zero-order chi connectivity index (χ0) is 15.4. The van der Waals surface area contributed by atoms with E-state index in [4.69, 9.17) is 22.2 Å². The average molecular weight is 370 g/mol. The first-order chi connectivity index (χ1) is 10.0. The van der Waals surface area contributed by atoms with Gasteiger partial charge in [0.25, 0.3) is 0 Å². The first-order valence-electron chi connectivity index (χ1n) is 6.69. The summed E-state index contributed by atoms with van der Waals surface area (Å²) in [5, 5.41) is 0.674. The minimum absolute atomic E-state index is 0.0956. The minimum atomic E-state index is -0.188. The van der Waals surface area contributed by atoms with Crippen LogP contribution in [0.5, 0.6) is 5.75 Å². The molecule has 3 N–H and O–H groups in total. The highest BCUT2D eigenvalue weighted by Gasteiger charge is 2.19. The number of hydrogen-bond donors (Lipinski definition) is 2. The van der Waals surface area contributed by atoms with Gasteiger partial charge in [0.2, 0.25) is 0 Å². The summed E-state index contributed by atoms with van der Waals surface area (Å²) in [6.45, 7) is 4.00. The zero-order valence-electron chi connectivity index (χ0n) is 11.9. The molecule has 3 nitrogen and oxygen atoms in total. The van der Waals surface area contributed by atoms with Crippen molar-refractivity contribution in [3.8, 4) is 5.75 Å². The van der Waals surface area contributed by atoms with Crippen molar-refractivity contribution in [1.82, 2.24) is 5.43 Å². The summed E-state index contributed by atoms with van der Waals surface area (Å²) in [5.41, 5.74) is 4.84. The number of hydrogen-bond acceptors (Lipinski definition) is 3. The highest BCUT2D eigenvalue weighted by Crippen LogP contribution is 2.34. The van der Waals surface area contributed by atoms with E-state index in [-0.39, 0.29) is 12.1 Å². The molecule has 0 fully saturated rings. The van der Waals surface area contributed by atoms with Crippen LogP contribution in [0.1, 0.15) is 31.0 Å². The monoisotopic (exact) mass is 368 g/mol. The Kier molecular flexibility index (Phi) is 5.65. The molecule has 2 rings (SSSR count). The van der Waals surface area contributed by atoms with Crippen LogP contribution in [0.15, 0.2) is 46.9 Å². The van der Waals surface area contributed by atoms with Crippen LogP contribution < -0.4 is 16.0 Å². The fraction of sp³-hybridized carbons (Fsp3) is 0.250. The molecule has 0 aromatic heterocycles. The number of nitrogens with one attached hydrogen (secondary N) is 1. The number of para-hydroxylation sites is 1. The van der Waals surface area contributed by atoms with Crippen LogP contribution in [-0.4, -0.2) is 6.10 Å². The molecule has 0 amide bonds. The summed E-state index contributed by atoms with van der Waals surface area (Å²) in [4.78, 5) is 0. The fourth-order valence-corrected chi connectivity index (χ4v) is 3.07. The Bertz CT molecular complexity index is 619. The largest absolute Gasteiger partial charge is 0.491 e. The molecule has 0 saturated carbocycles. The maximum absolute atomic E-state index is 6.00. The van der Waals surface area contributed by atoms with E-state index in [0.717, 1.165) is 21.3 Å². The molecule has 0 spiro atoms. The average Bonchev–Trinajstić information content (AvgIpc) is 2.43. The van der Waals surface area contributed by atoms with Crippen molar-refractivity contribution in [3.05, 3.63) is 63.1 Å². The molecule has 0 radical (unpaired) electrons. The molecule has 1 unspecified atom stereocenters. The molecule has 1 atom stereocenters. The van der Waals surface area contributed by atoms with E-state index < -0.39 is 0 Å². The third-order valence-corrected chi connectivity index (χ3v) is 3.95. The molecule has 112 valence electrons. The second-order valence-electron chi connectivity index (χ2n) is 4.97. The molecular weight excluding hydrogens is 352 g/mol. The molecule has 2 aromatic rings. The predicted molar refractivity (Wildman–Crippen MR) is 90.5 cm³/mol. The Balaban J connectivity index is 2.46. The van der Waals surface area contributed by atoms with E-state index in [0.29, 0.717) is 5.02 Å². The molecule has 0 bridgehead atoms. The van der Waals surface area contributed by atoms with Crippen molar-refractivity contribution in [2.24, 2.45) is 5.84 Å². The lowest BCUT2D eigenvalue weighted by Gasteiger charge is -2.22. The lowest BCUT2D eigenvalue weighted by Crippen LogP contribution is -2.29. The van der Waals surface area contributed by atoms with Gasteiger partial charge in [-0.15, -0.1) is 0 Å². The quantitative estimate of drug-likeness (QED) is 0.605. The lowest BCUT2D eigenvalue weighted by molar-refractivity contribution is 0.238. The van der Waals surface area contributed by atoms with Crippen LogP contribution in [0.25, 0.3) is 0 Å². The molecule has 5 heteroatoms. The highest BCUT2D eigenvalue weighted by atomic mass is 79.9. The summed E-state index contributed by atoms with van der Waals surface area (Å²) in [6.07, 6.45) is 0.0956. The third kappa shape index (κ3) is 3.98. The zero-order valence-corrected chi connectivity index (χ0v) is 14.3. The summed E-state index contributed by atoms with van der Waals surface area (Å²) in [7, 11) is 0. The molecule has 2 aromatic carbocycles. The Morgan fingerprint density at radius 3 is 2.48 bits per heavy atom. The number of nitrogens with two attached hydrogens (primary N) is 1. The molecule has 0 saturated heterocycles. The molecular formula is C16H18BrClN2O. The Hall–Kier alpha value is -1.07. The number of rotatable bonds is 5. The molecule has 0 aliphatic heterocycles. The van der Waals surface area contributed by atoms with Gasteiger partial charge in [0.05, 0.1) is 12.1 Å². The number of benzene rings is 2. The standard InChI is InChI=1S/C16H18BrClN2O/c1-10(2)21-15-6-4-3-5-13(15)16(20-19)12-8-7-11(18)9-14(12)17/h3-10,16,20H,19H2,1-2H3. The Morgan fingerprint density at radius 1 is 1.14 bits per heavy atom. The van der Waals surface area contributed by atoms with Crippen molar-refractivity contribution in [2.45, 2.75) is 26.0 Å². The van der Waals surface area contributed by atoms with Gasteiger partial charge >= 0.3 is 0 Å². The van der Waals surface area contributed by atoms with E-state index in [1.165, 1.54) is 0 Å². The summed E-state index contributed by atoms with van der Waals surface area (Å²) in [5.74, 6) is 6.60. The highest BCUT2D eigenvalue weighted by molar-refractivity contribution is 9.10. The summed E-state index contributed by atoms with van der Waals surface area (Å²) in [6, 6.07) is 13.3. The normalized spacial score (nSPS) is 12.5. The predicted octanol–water partition coefficient (Wildman–Crippen LogP) is 4.44. The van der Waals surface area contributed by atoms with E-state index in [1.807, 2.05) is 56.3 Å². The van der Waals surface area contributed by atoms with Gasteiger partial charge < -0.3 is 4.74 Å². The third-order valence-electron chi connectivity index (χ3n) is 3.03. The van der Waals surface area contributed by atoms with Gasteiger partial charge in [-0.3, -0.25) is 5.84 Å². The van der Waals surface area contributed by atoms with Crippen LogP contribution in [0.3, 0.4) is 0 Å². The molecule has 0 heterocycles. The first-order valence-corrected chi connectivity index (χ1v) is 7.86. The van der Waals surface area contributed by atoms with Crippen LogP contribution in [-0.2, 0) is 0 Å². The van der Waals surface area contributed by atoms with E-state index in [9.17, 15) is 0 Å². The topological polar surface area (TPSA) is 47.3 Å². The van der Waals surface area contributed by atoms with Crippen LogP contribution in [0.4, 0.5) is 0 Å². The second-order valence-corrected chi connectivity index (χ2v) is 6.26. The van der Waals surface area contributed by atoms with Gasteiger partial charge in [0, 0.05) is 15.1 Å². The van der Waals surface area contributed by atoms with Crippen LogP contribution >= 0.6 is 27.5 Å². The van der Waals surface area contributed by atoms with Crippen LogP contribution in [0, 0.1) is 0 Å². The van der Waals surface area contributed by atoms with E-state index >= 15 is 0 Å². The summed E-state index contributed by atoms with van der Waals surface area (Å²) < 4.78 is 6.78. The Labute approximate surface area is 138 Å². The fourth-order valence-electron chi connectivity index (χ4n) is 2.16. The molecule has 21 heavy (non-hydrogen) atoms. The van der Waals surface area contributed by atoms with Gasteiger partial charge in [0.15, 0.2) is 0 Å². The Morgan fingerprint density at radius 2 is 1.86 bits per heavy atom. The van der Waals surface area contributed by atoms with Crippen molar-refractivity contribution in [1.29, 1.82) is 0 Å². The minimum Gasteiger partial charge on any atom is -0.491 e.